The monoisotopic (exact) mass is 197 g/mol. The highest BCUT2D eigenvalue weighted by atomic mass is 14.6. The molecule has 2 N–H and O–H groups in total. The van der Waals surface area contributed by atoms with Gasteiger partial charge in [0.15, 0.2) is 0 Å². The van der Waals surface area contributed by atoms with Crippen LogP contribution in [0.3, 0.4) is 0 Å². The number of fused-ring (bicyclic) bond motifs is 2. The Balaban J connectivity index is 2.01. The van der Waals surface area contributed by atoms with Gasteiger partial charge in [0.2, 0.25) is 0 Å². The molecule has 0 heterocycles. The molecule has 0 amide bonds. The third-order valence-electron chi connectivity index (χ3n) is 3.61. The highest BCUT2D eigenvalue weighted by Crippen LogP contribution is 2.35. The molecule has 0 radical (unpaired) electrons. The summed E-state index contributed by atoms with van der Waals surface area (Å²) in [6, 6.07) is 8.73. The van der Waals surface area contributed by atoms with Gasteiger partial charge in [-0.15, -0.1) is 0 Å². The molecule has 15 heavy (non-hydrogen) atoms. The summed E-state index contributed by atoms with van der Waals surface area (Å²) in [4.78, 5) is 0. The topological polar surface area (TPSA) is 26.0 Å². The maximum Gasteiger partial charge on any atom is 0.0121 e. The van der Waals surface area contributed by atoms with E-state index in [1.54, 1.807) is 0 Å². The van der Waals surface area contributed by atoms with Gasteiger partial charge in [0.1, 0.15) is 0 Å². The fraction of sp³-hybridized carbons (Fsp3) is 0.286. The van der Waals surface area contributed by atoms with Gasteiger partial charge in [0, 0.05) is 11.6 Å². The maximum atomic E-state index is 6.06. The molecule has 1 nitrogen and oxygen atoms in total. The van der Waals surface area contributed by atoms with Gasteiger partial charge >= 0.3 is 0 Å². The van der Waals surface area contributed by atoms with Crippen LogP contribution in [-0.4, -0.2) is 0 Å². The highest BCUT2D eigenvalue weighted by molar-refractivity contribution is 5.35. The predicted molar refractivity (Wildman–Crippen MR) is 62.2 cm³/mol. The number of allylic oxidation sites excluding steroid dienone is 4. The van der Waals surface area contributed by atoms with Crippen molar-refractivity contribution in [3.63, 3.8) is 0 Å². The molecule has 1 aromatic carbocycles. The minimum absolute atomic E-state index is 0.532. The molecule has 76 valence electrons. The summed E-state index contributed by atoms with van der Waals surface area (Å²) in [5.74, 6) is 1.15. The van der Waals surface area contributed by atoms with Crippen molar-refractivity contribution in [1.82, 2.24) is 0 Å². The molecule has 0 bridgehead atoms. The van der Waals surface area contributed by atoms with Crippen LogP contribution >= 0.6 is 0 Å². The van der Waals surface area contributed by atoms with Crippen molar-refractivity contribution in [2.75, 3.05) is 0 Å². The number of rotatable bonds is 0. The van der Waals surface area contributed by atoms with E-state index in [1.165, 1.54) is 11.1 Å². The van der Waals surface area contributed by atoms with Crippen LogP contribution in [-0.2, 0) is 12.8 Å². The lowest BCUT2D eigenvalue weighted by atomic mass is 9.73. The first-order valence-electron chi connectivity index (χ1n) is 5.55. The zero-order chi connectivity index (χ0) is 10.3. The van der Waals surface area contributed by atoms with Gasteiger partial charge < -0.3 is 5.73 Å². The van der Waals surface area contributed by atoms with Gasteiger partial charge in [-0.3, -0.25) is 0 Å². The first-order valence-corrected chi connectivity index (χ1v) is 5.55. The van der Waals surface area contributed by atoms with Crippen molar-refractivity contribution < 1.29 is 0 Å². The molecule has 1 heteroatoms. The number of benzene rings is 1. The van der Waals surface area contributed by atoms with Crippen LogP contribution in [0.1, 0.15) is 11.1 Å². The Hall–Kier alpha value is -1.50. The molecule has 1 aromatic rings. The van der Waals surface area contributed by atoms with Gasteiger partial charge in [-0.25, -0.2) is 0 Å². The van der Waals surface area contributed by atoms with Crippen molar-refractivity contribution in [2.45, 2.75) is 12.8 Å². The molecule has 0 saturated carbocycles. The zero-order valence-electron chi connectivity index (χ0n) is 8.69. The van der Waals surface area contributed by atoms with Crippen molar-refractivity contribution in [2.24, 2.45) is 17.6 Å². The molecule has 3 rings (SSSR count). The lowest BCUT2D eigenvalue weighted by molar-refractivity contribution is 0.412. The molecule has 0 aromatic heterocycles. The van der Waals surface area contributed by atoms with E-state index in [-0.39, 0.29) is 0 Å². The Morgan fingerprint density at radius 2 is 1.80 bits per heavy atom. The Kier molecular flexibility index (Phi) is 1.91. The summed E-state index contributed by atoms with van der Waals surface area (Å²) in [5.41, 5.74) is 10.1. The Bertz CT molecular complexity index is 442. The minimum Gasteiger partial charge on any atom is -0.402 e. The number of hydrogen-bond donors (Lipinski definition) is 1. The van der Waals surface area contributed by atoms with E-state index in [2.05, 4.69) is 42.5 Å². The number of hydrogen-bond acceptors (Lipinski definition) is 1. The maximum absolute atomic E-state index is 6.06. The van der Waals surface area contributed by atoms with E-state index in [1.807, 2.05) is 0 Å². The Morgan fingerprint density at radius 1 is 1.07 bits per heavy atom. The zero-order valence-corrected chi connectivity index (χ0v) is 8.69. The van der Waals surface area contributed by atoms with Crippen molar-refractivity contribution in [3.05, 3.63) is 59.3 Å². The second-order valence-corrected chi connectivity index (χ2v) is 4.50. The molecule has 2 unspecified atom stereocenters. The van der Waals surface area contributed by atoms with Crippen LogP contribution in [0.2, 0.25) is 0 Å². The van der Waals surface area contributed by atoms with Crippen LogP contribution < -0.4 is 5.73 Å². The molecule has 0 aliphatic heterocycles. The van der Waals surface area contributed by atoms with Gasteiger partial charge in [-0.2, -0.15) is 0 Å². The average molecular weight is 197 g/mol. The largest absolute Gasteiger partial charge is 0.402 e. The fourth-order valence-corrected chi connectivity index (χ4v) is 2.74. The molecule has 2 aliphatic rings. The summed E-state index contributed by atoms with van der Waals surface area (Å²) in [6.07, 6.45) is 8.70. The van der Waals surface area contributed by atoms with Crippen molar-refractivity contribution in [3.8, 4) is 0 Å². The molecule has 2 aliphatic carbocycles. The first-order chi connectivity index (χ1) is 7.34. The third kappa shape index (κ3) is 1.39. The average Bonchev–Trinajstić information content (AvgIpc) is 2.27. The standard InChI is InChI=1S/C14H15N/c15-14-7-3-6-12-8-10-4-1-2-5-11(10)9-13(12)14/h1-7,12-13H,8-9,15H2. The van der Waals surface area contributed by atoms with Crippen molar-refractivity contribution in [1.29, 1.82) is 0 Å². The molecular weight excluding hydrogens is 182 g/mol. The van der Waals surface area contributed by atoms with E-state index in [0.717, 1.165) is 18.5 Å². The van der Waals surface area contributed by atoms with Crippen LogP contribution in [0.4, 0.5) is 0 Å². The fourth-order valence-electron chi connectivity index (χ4n) is 2.74. The van der Waals surface area contributed by atoms with Crippen LogP contribution in [0.15, 0.2) is 48.2 Å². The summed E-state index contributed by atoms with van der Waals surface area (Å²) in [6.45, 7) is 0. The van der Waals surface area contributed by atoms with E-state index in [9.17, 15) is 0 Å². The van der Waals surface area contributed by atoms with E-state index < -0.39 is 0 Å². The molecule has 2 atom stereocenters. The third-order valence-corrected chi connectivity index (χ3v) is 3.61. The van der Waals surface area contributed by atoms with Gasteiger partial charge in [-0.1, -0.05) is 36.4 Å². The summed E-state index contributed by atoms with van der Waals surface area (Å²) < 4.78 is 0. The quantitative estimate of drug-likeness (QED) is 0.679. The Labute approximate surface area is 90.3 Å². The summed E-state index contributed by atoms with van der Waals surface area (Å²) in [7, 11) is 0. The minimum atomic E-state index is 0.532. The SMILES string of the molecule is NC1=CC=CC2Cc3ccccc3CC12. The number of nitrogens with two attached hydrogens (primary N) is 1. The first kappa shape index (κ1) is 8.78. The molecular formula is C14H15N. The van der Waals surface area contributed by atoms with Gasteiger partial charge in [0.25, 0.3) is 0 Å². The van der Waals surface area contributed by atoms with Gasteiger partial charge in [0.05, 0.1) is 0 Å². The van der Waals surface area contributed by atoms with E-state index in [0.29, 0.717) is 11.8 Å². The van der Waals surface area contributed by atoms with Crippen LogP contribution in [0.5, 0.6) is 0 Å². The molecule has 0 saturated heterocycles. The van der Waals surface area contributed by atoms with Crippen LogP contribution in [0.25, 0.3) is 0 Å². The van der Waals surface area contributed by atoms with E-state index in [4.69, 9.17) is 5.73 Å². The smallest absolute Gasteiger partial charge is 0.0121 e. The molecule has 0 spiro atoms. The van der Waals surface area contributed by atoms with E-state index >= 15 is 0 Å². The Morgan fingerprint density at radius 3 is 2.60 bits per heavy atom. The lowest BCUT2D eigenvalue weighted by Crippen LogP contribution is -2.30. The second-order valence-electron chi connectivity index (χ2n) is 4.50. The van der Waals surface area contributed by atoms with Gasteiger partial charge in [-0.05, 0) is 36.0 Å². The molecule has 0 fully saturated rings. The highest BCUT2D eigenvalue weighted by Gasteiger charge is 2.29. The second kappa shape index (κ2) is 3.27. The summed E-state index contributed by atoms with van der Waals surface area (Å²) in [5, 5.41) is 0. The lowest BCUT2D eigenvalue weighted by Gasteiger charge is -2.33. The normalized spacial score (nSPS) is 27.9. The predicted octanol–water partition coefficient (Wildman–Crippen LogP) is 2.43. The van der Waals surface area contributed by atoms with Crippen molar-refractivity contribution >= 4 is 0 Å². The summed E-state index contributed by atoms with van der Waals surface area (Å²) >= 11 is 0. The van der Waals surface area contributed by atoms with Crippen LogP contribution in [0, 0.1) is 11.8 Å².